The number of nitrogens with one attached hydrogen (secondary N) is 1. The summed E-state index contributed by atoms with van der Waals surface area (Å²) in [6.07, 6.45) is 1.76. The van der Waals surface area contributed by atoms with Crippen LogP contribution < -0.4 is 5.32 Å². The topological polar surface area (TPSA) is 50.2 Å². The number of rotatable bonds is 5. The Hall–Kier alpha value is -2.18. The number of piperidine rings is 1. The van der Waals surface area contributed by atoms with Crippen molar-refractivity contribution in [2.75, 3.05) is 18.4 Å². The van der Waals surface area contributed by atoms with Crippen molar-refractivity contribution in [2.24, 2.45) is 5.92 Å². The van der Waals surface area contributed by atoms with Gasteiger partial charge < -0.3 is 9.88 Å². The zero-order chi connectivity index (χ0) is 20.4. The number of amides is 1. The molecule has 0 spiro atoms. The summed E-state index contributed by atoms with van der Waals surface area (Å²) in [5, 5.41) is 3.05. The van der Waals surface area contributed by atoms with E-state index in [4.69, 9.17) is 4.98 Å². The molecule has 4 rings (SSSR count). The van der Waals surface area contributed by atoms with Gasteiger partial charge in [0.2, 0.25) is 5.91 Å². The van der Waals surface area contributed by atoms with E-state index in [1.165, 1.54) is 5.52 Å². The number of likely N-dealkylation sites (tertiary alicyclic amines) is 1. The third-order valence-electron chi connectivity index (χ3n) is 5.62. The van der Waals surface area contributed by atoms with Crippen LogP contribution in [0.15, 0.2) is 53.0 Å². The first kappa shape index (κ1) is 20.1. The first-order chi connectivity index (χ1) is 14.0. The maximum absolute atomic E-state index is 12.6. The van der Waals surface area contributed by atoms with Crippen LogP contribution in [-0.4, -0.2) is 33.4 Å². The van der Waals surface area contributed by atoms with Crippen molar-refractivity contribution >= 4 is 38.6 Å². The van der Waals surface area contributed by atoms with Gasteiger partial charge in [-0.1, -0.05) is 28.1 Å². The van der Waals surface area contributed by atoms with Crippen LogP contribution in [0, 0.1) is 5.92 Å². The number of aromatic nitrogens is 2. The Bertz CT molecular complexity index is 988. The van der Waals surface area contributed by atoms with E-state index in [1.54, 1.807) is 0 Å². The molecule has 0 radical (unpaired) electrons. The molecule has 1 N–H and O–H groups in total. The van der Waals surface area contributed by atoms with Gasteiger partial charge in [0.05, 0.1) is 17.6 Å². The van der Waals surface area contributed by atoms with Gasteiger partial charge in [0.25, 0.3) is 0 Å². The van der Waals surface area contributed by atoms with E-state index in [2.05, 4.69) is 62.8 Å². The Morgan fingerprint density at radius 3 is 2.52 bits per heavy atom. The fraction of sp³-hybridized carbons (Fsp3) is 0.391. The van der Waals surface area contributed by atoms with Crippen LogP contribution in [0.25, 0.3) is 11.0 Å². The first-order valence-electron chi connectivity index (χ1n) is 10.3. The molecular formula is C23H27BrN4O. The second-order valence-electron chi connectivity index (χ2n) is 8.03. The normalized spacial score (nSPS) is 15.9. The van der Waals surface area contributed by atoms with Crippen LogP contribution in [0.1, 0.15) is 38.6 Å². The van der Waals surface area contributed by atoms with Crippen molar-refractivity contribution in [1.82, 2.24) is 14.5 Å². The van der Waals surface area contributed by atoms with Crippen LogP contribution in [-0.2, 0) is 11.3 Å². The summed E-state index contributed by atoms with van der Waals surface area (Å²) in [5.41, 5.74) is 3.10. The average Bonchev–Trinajstić information content (AvgIpc) is 3.08. The third kappa shape index (κ3) is 4.54. The molecule has 0 bridgehead atoms. The molecule has 152 valence electrons. The lowest BCUT2D eigenvalue weighted by Crippen LogP contribution is -2.38. The highest BCUT2D eigenvalue weighted by molar-refractivity contribution is 9.10. The second-order valence-corrected chi connectivity index (χ2v) is 8.94. The number of hydrogen-bond donors (Lipinski definition) is 1. The Balaban J connectivity index is 1.38. The zero-order valence-electron chi connectivity index (χ0n) is 16.9. The summed E-state index contributed by atoms with van der Waals surface area (Å²) in [7, 11) is 0. The highest BCUT2D eigenvalue weighted by Crippen LogP contribution is 2.25. The molecule has 0 atom stereocenters. The average molecular weight is 455 g/mol. The number of nitrogens with zero attached hydrogens (tertiary/aromatic N) is 3. The minimum absolute atomic E-state index is 0.0683. The van der Waals surface area contributed by atoms with Crippen molar-refractivity contribution < 1.29 is 4.79 Å². The lowest BCUT2D eigenvalue weighted by molar-refractivity contribution is -0.121. The maximum Gasteiger partial charge on any atom is 0.227 e. The van der Waals surface area contributed by atoms with E-state index < -0.39 is 0 Å². The number of benzene rings is 2. The van der Waals surface area contributed by atoms with Crippen molar-refractivity contribution in [3.8, 4) is 0 Å². The van der Waals surface area contributed by atoms with Gasteiger partial charge in [-0.2, -0.15) is 0 Å². The molecule has 0 unspecified atom stereocenters. The molecule has 0 saturated carbocycles. The van der Waals surface area contributed by atoms with Gasteiger partial charge in [-0.25, -0.2) is 4.98 Å². The van der Waals surface area contributed by atoms with Gasteiger partial charge >= 0.3 is 0 Å². The number of anilines is 1. The number of imidazole rings is 1. The van der Waals surface area contributed by atoms with E-state index in [1.807, 2.05) is 30.3 Å². The predicted molar refractivity (Wildman–Crippen MR) is 121 cm³/mol. The molecule has 3 aromatic rings. The number of hydrogen-bond acceptors (Lipinski definition) is 3. The molecule has 6 heteroatoms. The van der Waals surface area contributed by atoms with Crippen LogP contribution >= 0.6 is 15.9 Å². The summed E-state index contributed by atoms with van der Waals surface area (Å²) >= 11 is 3.42. The fourth-order valence-electron chi connectivity index (χ4n) is 4.11. The summed E-state index contributed by atoms with van der Waals surface area (Å²) in [5.74, 6) is 1.30. The van der Waals surface area contributed by atoms with Crippen LogP contribution in [0.4, 0.5) is 5.69 Å². The lowest BCUT2D eigenvalue weighted by atomic mass is 9.96. The largest absolute Gasteiger partial charge is 0.326 e. The Morgan fingerprint density at radius 2 is 1.83 bits per heavy atom. The van der Waals surface area contributed by atoms with Crippen molar-refractivity contribution in [1.29, 1.82) is 0 Å². The minimum atomic E-state index is 0.0683. The molecule has 1 amide bonds. The maximum atomic E-state index is 12.6. The molecule has 2 aromatic carbocycles. The van der Waals surface area contributed by atoms with Gasteiger partial charge in [0, 0.05) is 22.1 Å². The number of fused-ring (bicyclic) bond motifs is 1. The minimum Gasteiger partial charge on any atom is -0.326 e. The molecule has 1 saturated heterocycles. The molecule has 0 aliphatic carbocycles. The molecule has 1 aliphatic rings. The molecule has 5 nitrogen and oxygen atoms in total. The van der Waals surface area contributed by atoms with E-state index in [9.17, 15) is 4.79 Å². The quantitative estimate of drug-likeness (QED) is 0.573. The summed E-state index contributed by atoms with van der Waals surface area (Å²) in [6, 6.07) is 16.4. The number of carbonyl (C=O) groups is 1. The standard InChI is InChI=1S/C23H27BrN4O/c1-16(2)28-21-6-4-3-5-20(21)26-22(28)15-27-13-11-17(12-14-27)23(29)25-19-9-7-18(24)8-10-19/h3-10,16-17H,11-15H2,1-2H3,(H,25,29). The third-order valence-corrected chi connectivity index (χ3v) is 6.15. The van der Waals surface area contributed by atoms with Gasteiger partial charge in [-0.15, -0.1) is 0 Å². The zero-order valence-corrected chi connectivity index (χ0v) is 18.5. The molecule has 1 aromatic heterocycles. The number of carbonyl (C=O) groups excluding carboxylic acids is 1. The van der Waals surface area contributed by atoms with Gasteiger partial charge in [-0.05, 0) is 76.2 Å². The number of para-hydroxylation sites is 2. The van der Waals surface area contributed by atoms with Crippen LogP contribution in [0.3, 0.4) is 0 Å². The summed E-state index contributed by atoms with van der Waals surface area (Å²) < 4.78 is 3.35. The first-order valence-corrected chi connectivity index (χ1v) is 11.0. The van der Waals surface area contributed by atoms with Crippen molar-refractivity contribution in [3.05, 3.63) is 58.8 Å². The van der Waals surface area contributed by atoms with E-state index >= 15 is 0 Å². The van der Waals surface area contributed by atoms with Crippen LogP contribution in [0.5, 0.6) is 0 Å². The molecule has 1 fully saturated rings. The lowest BCUT2D eigenvalue weighted by Gasteiger charge is -2.31. The van der Waals surface area contributed by atoms with Crippen molar-refractivity contribution in [2.45, 2.75) is 39.3 Å². The highest BCUT2D eigenvalue weighted by atomic mass is 79.9. The second kappa shape index (κ2) is 8.67. The molecule has 2 heterocycles. The Labute approximate surface area is 180 Å². The molecule has 1 aliphatic heterocycles. The molecular weight excluding hydrogens is 428 g/mol. The summed E-state index contributed by atoms with van der Waals surface area (Å²) in [4.78, 5) is 19.9. The smallest absolute Gasteiger partial charge is 0.227 e. The Morgan fingerprint density at radius 1 is 1.14 bits per heavy atom. The molecule has 29 heavy (non-hydrogen) atoms. The van der Waals surface area contributed by atoms with Crippen molar-refractivity contribution in [3.63, 3.8) is 0 Å². The monoisotopic (exact) mass is 454 g/mol. The van der Waals surface area contributed by atoms with Gasteiger partial charge in [0.1, 0.15) is 5.82 Å². The van der Waals surface area contributed by atoms with Gasteiger partial charge in [0.15, 0.2) is 0 Å². The van der Waals surface area contributed by atoms with E-state index in [0.717, 1.165) is 54.0 Å². The highest BCUT2D eigenvalue weighted by Gasteiger charge is 2.26. The van der Waals surface area contributed by atoms with Crippen LogP contribution in [0.2, 0.25) is 0 Å². The van der Waals surface area contributed by atoms with Gasteiger partial charge in [-0.3, -0.25) is 9.69 Å². The SMILES string of the molecule is CC(C)n1c(CN2CCC(C(=O)Nc3ccc(Br)cc3)CC2)nc2ccccc21. The predicted octanol–water partition coefficient (Wildman–Crippen LogP) is 5.23. The Kier molecular flexibility index (Phi) is 6.01. The number of halogens is 1. The summed E-state index contributed by atoms with van der Waals surface area (Å²) in [6.45, 7) is 7.07. The van der Waals surface area contributed by atoms with E-state index in [-0.39, 0.29) is 11.8 Å². The fourth-order valence-corrected chi connectivity index (χ4v) is 4.38. The van der Waals surface area contributed by atoms with E-state index in [0.29, 0.717) is 6.04 Å².